The Morgan fingerprint density at radius 3 is 2.90 bits per heavy atom. The van der Waals surface area contributed by atoms with E-state index in [1.54, 1.807) is 0 Å². The molecule has 0 radical (unpaired) electrons. The number of carbonyl (C=O) groups is 1. The molecule has 0 aliphatic rings. The number of nitrogens with one attached hydrogen (secondary N) is 1. The predicted octanol–water partition coefficient (Wildman–Crippen LogP) is 2.33. The van der Waals surface area contributed by atoms with E-state index in [1.807, 2.05) is 0 Å². The van der Waals surface area contributed by atoms with Crippen LogP contribution >= 0.6 is 38.9 Å². The van der Waals surface area contributed by atoms with Gasteiger partial charge in [0.15, 0.2) is 0 Å². The number of aromatic nitrogens is 2. The van der Waals surface area contributed by atoms with Crippen LogP contribution in [0.25, 0.3) is 0 Å². The Morgan fingerprint density at radius 1 is 1.62 bits per heavy atom. The fraction of sp³-hybridized carbons (Fsp3) is 0.200. The SMILES string of the molecule is COC(=O)Cn1cc(NS(=O)(=O)c2cc(Cl)c(Br)s2)cn1. The first kappa shape index (κ1) is 16.3. The lowest BCUT2D eigenvalue weighted by molar-refractivity contribution is -0.141. The Morgan fingerprint density at radius 2 is 2.33 bits per heavy atom. The van der Waals surface area contributed by atoms with Crippen molar-refractivity contribution in [1.82, 2.24) is 9.78 Å². The highest BCUT2D eigenvalue weighted by atomic mass is 79.9. The Labute approximate surface area is 138 Å². The molecule has 2 heterocycles. The molecule has 0 amide bonds. The first-order valence-corrected chi connectivity index (χ1v) is 8.86. The Balaban J connectivity index is 2.15. The topological polar surface area (TPSA) is 90.3 Å². The van der Waals surface area contributed by atoms with Gasteiger partial charge in [0, 0.05) is 6.20 Å². The molecule has 0 saturated carbocycles. The monoisotopic (exact) mass is 413 g/mol. The van der Waals surface area contributed by atoms with Crippen LogP contribution in [0.5, 0.6) is 0 Å². The lowest BCUT2D eigenvalue weighted by Crippen LogP contribution is -2.12. The van der Waals surface area contributed by atoms with Crippen LogP contribution in [0.3, 0.4) is 0 Å². The molecule has 7 nitrogen and oxygen atoms in total. The summed E-state index contributed by atoms with van der Waals surface area (Å²) >= 11 is 9.97. The van der Waals surface area contributed by atoms with Crippen molar-refractivity contribution in [3.05, 3.63) is 27.3 Å². The van der Waals surface area contributed by atoms with Gasteiger partial charge in [0.25, 0.3) is 10.0 Å². The summed E-state index contributed by atoms with van der Waals surface area (Å²) in [6.45, 7) is -0.103. The van der Waals surface area contributed by atoms with Crippen molar-refractivity contribution in [1.29, 1.82) is 0 Å². The first-order valence-electron chi connectivity index (χ1n) is 5.39. The summed E-state index contributed by atoms with van der Waals surface area (Å²) < 4.78 is 33.0. The van der Waals surface area contributed by atoms with E-state index in [0.29, 0.717) is 8.81 Å². The van der Waals surface area contributed by atoms with Crippen molar-refractivity contribution in [2.45, 2.75) is 10.8 Å². The zero-order valence-electron chi connectivity index (χ0n) is 10.5. The molecule has 11 heteroatoms. The van der Waals surface area contributed by atoms with Gasteiger partial charge in [0.05, 0.1) is 27.8 Å². The summed E-state index contributed by atoms with van der Waals surface area (Å²) in [5, 5.41) is 4.18. The molecule has 2 aromatic rings. The number of ether oxygens (including phenoxy) is 1. The summed E-state index contributed by atoms with van der Waals surface area (Å²) in [5.41, 5.74) is 0.236. The Bertz CT molecular complexity index is 752. The summed E-state index contributed by atoms with van der Waals surface area (Å²) in [4.78, 5) is 11.1. The third-order valence-electron chi connectivity index (χ3n) is 2.29. The Kier molecular flexibility index (Phi) is 4.91. The summed E-state index contributed by atoms with van der Waals surface area (Å²) in [7, 11) is -2.49. The fourth-order valence-electron chi connectivity index (χ4n) is 1.36. The molecule has 2 rings (SSSR count). The van der Waals surface area contributed by atoms with E-state index in [-0.39, 0.29) is 16.4 Å². The van der Waals surface area contributed by atoms with Crippen LogP contribution in [0, 0.1) is 0 Å². The zero-order valence-corrected chi connectivity index (χ0v) is 14.5. The van der Waals surface area contributed by atoms with Crippen molar-refractivity contribution in [2.75, 3.05) is 11.8 Å². The molecule has 114 valence electrons. The smallest absolute Gasteiger partial charge is 0.327 e. The summed E-state index contributed by atoms with van der Waals surface area (Å²) in [5.74, 6) is -0.485. The van der Waals surface area contributed by atoms with Crippen molar-refractivity contribution in [3.8, 4) is 0 Å². The van der Waals surface area contributed by atoms with Crippen LogP contribution in [0.4, 0.5) is 5.69 Å². The van der Waals surface area contributed by atoms with Crippen LogP contribution in [-0.4, -0.2) is 31.3 Å². The quantitative estimate of drug-likeness (QED) is 0.758. The average Bonchev–Trinajstić information content (AvgIpc) is 2.97. The molecule has 1 N–H and O–H groups in total. The van der Waals surface area contributed by atoms with Gasteiger partial charge in [0.2, 0.25) is 0 Å². The van der Waals surface area contributed by atoms with Crippen molar-refractivity contribution < 1.29 is 17.9 Å². The molecular weight excluding hydrogens is 406 g/mol. The first-order chi connectivity index (χ1) is 9.81. The van der Waals surface area contributed by atoms with Gasteiger partial charge in [-0.15, -0.1) is 11.3 Å². The molecule has 0 aliphatic carbocycles. The van der Waals surface area contributed by atoms with E-state index >= 15 is 0 Å². The van der Waals surface area contributed by atoms with Gasteiger partial charge in [0.1, 0.15) is 10.8 Å². The van der Waals surface area contributed by atoms with Gasteiger partial charge in [-0.3, -0.25) is 14.2 Å². The number of esters is 1. The van der Waals surface area contributed by atoms with E-state index in [9.17, 15) is 13.2 Å². The van der Waals surface area contributed by atoms with Gasteiger partial charge in [-0.05, 0) is 22.0 Å². The molecule has 21 heavy (non-hydrogen) atoms. The number of anilines is 1. The van der Waals surface area contributed by atoms with Crippen LogP contribution in [-0.2, 0) is 26.1 Å². The average molecular weight is 415 g/mol. The largest absolute Gasteiger partial charge is 0.468 e. The van der Waals surface area contributed by atoms with Gasteiger partial charge in [-0.1, -0.05) is 11.6 Å². The predicted molar refractivity (Wildman–Crippen MR) is 82.1 cm³/mol. The minimum Gasteiger partial charge on any atom is -0.468 e. The highest BCUT2D eigenvalue weighted by Crippen LogP contribution is 2.35. The van der Waals surface area contributed by atoms with Gasteiger partial charge in [-0.2, -0.15) is 5.10 Å². The summed E-state index contributed by atoms with van der Waals surface area (Å²) in [6.07, 6.45) is 2.68. The second kappa shape index (κ2) is 6.34. The van der Waals surface area contributed by atoms with Gasteiger partial charge < -0.3 is 4.74 Å². The van der Waals surface area contributed by atoms with Crippen LogP contribution in [0.1, 0.15) is 0 Å². The van der Waals surface area contributed by atoms with E-state index in [1.165, 1.54) is 30.3 Å². The molecule has 0 fully saturated rings. The van der Waals surface area contributed by atoms with E-state index in [0.717, 1.165) is 11.3 Å². The minimum absolute atomic E-state index is 0.0695. The van der Waals surface area contributed by atoms with Crippen molar-refractivity contribution >= 4 is 60.5 Å². The molecule has 0 spiro atoms. The van der Waals surface area contributed by atoms with E-state index in [2.05, 4.69) is 30.5 Å². The van der Waals surface area contributed by atoms with Crippen molar-refractivity contribution in [2.24, 2.45) is 0 Å². The highest BCUT2D eigenvalue weighted by Gasteiger charge is 2.20. The number of hydrogen-bond donors (Lipinski definition) is 1. The maximum absolute atomic E-state index is 12.1. The maximum atomic E-state index is 12.1. The maximum Gasteiger partial charge on any atom is 0.327 e. The van der Waals surface area contributed by atoms with Gasteiger partial charge >= 0.3 is 5.97 Å². The fourth-order valence-corrected chi connectivity index (χ4v) is 4.79. The molecule has 0 aromatic carbocycles. The normalized spacial score (nSPS) is 11.4. The number of rotatable bonds is 5. The number of thiophene rings is 1. The summed E-state index contributed by atoms with van der Waals surface area (Å²) in [6, 6.07) is 1.34. The minimum atomic E-state index is -3.75. The van der Waals surface area contributed by atoms with Gasteiger partial charge in [-0.25, -0.2) is 8.42 Å². The molecule has 0 saturated heterocycles. The standard InChI is InChI=1S/C10H9BrClN3O4S2/c1-19-8(16)5-15-4-6(3-13-15)14-21(17,18)9-2-7(12)10(11)20-9/h2-4,14H,5H2,1H3. The highest BCUT2D eigenvalue weighted by molar-refractivity contribution is 9.11. The third-order valence-corrected chi connectivity index (χ3v) is 6.62. The third kappa shape index (κ3) is 3.96. The molecular formula is C10H9BrClN3O4S2. The van der Waals surface area contributed by atoms with Crippen LogP contribution in [0.2, 0.25) is 5.02 Å². The number of nitrogens with zero attached hydrogens (tertiary/aromatic N) is 2. The number of carbonyl (C=O) groups excluding carboxylic acids is 1. The molecule has 0 aliphatic heterocycles. The molecule has 0 atom stereocenters. The lowest BCUT2D eigenvalue weighted by Gasteiger charge is -2.02. The van der Waals surface area contributed by atoms with E-state index in [4.69, 9.17) is 11.6 Å². The second-order valence-corrected chi connectivity index (χ2v) is 8.48. The Hall–Kier alpha value is -1.10. The number of sulfonamides is 1. The molecule has 0 bridgehead atoms. The molecule has 2 aromatic heterocycles. The number of methoxy groups -OCH3 is 1. The van der Waals surface area contributed by atoms with Crippen LogP contribution in [0.15, 0.2) is 26.5 Å². The number of halogens is 2. The van der Waals surface area contributed by atoms with Crippen molar-refractivity contribution in [3.63, 3.8) is 0 Å². The second-order valence-electron chi connectivity index (χ2n) is 3.80. The zero-order chi connectivity index (χ0) is 15.6. The number of hydrogen-bond acceptors (Lipinski definition) is 6. The molecule has 0 unspecified atom stereocenters. The lowest BCUT2D eigenvalue weighted by atomic mass is 10.6. The van der Waals surface area contributed by atoms with E-state index < -0.39 is 16.0 Å². The van der Waals surface area contributed by atoms with Crippen LogP contribution < -0.4 is 4.72 Å².